The average molecular weight is 426 g/mol. The van der Waals surface area contributed by atoms with Crippen LogP contribution in [0.1, 0.15) is 17.7 Å². The van der Waals surface area contributed by atoms with E-state index in [1.807, 2.05) is 18.2 Å². The molecule has 2 saturated heterocycles. The third kappa shape index (κ3) is 3.26. The van der Waals surface area contributed by atoms with E-state index in [0.717, 1.165) is 15.2 Å². The second kappa shape index (κ2) is 7.63. The smallest absolute Gasteiger partial charge is 0.241 e. The largest absolute Gasteiger partial charge is 0.492 e. The van der Waals surface area contributed by atoms with Crippen molar-refractivity contribution in [3.63, 3.8) is 0 Å². The zero-order valence-corrected chi connectivity index (χ0v) is 16.9. The first kappa shape index (κ1) is 19.4. The number of aliphatic hydroxyl groups excluding tert-OH is 2. The van der Waals surface area contributed by atoms with Gasteiger partial charge in [-0.15, -0.1) is 11.3 Å². The summed E-state index contributed by atoms with van der Waals surface area (Å²) >= 11 is 1.64. The molecular formula is C22H22N2O5S. The first-order valence-electron chi connectivity index (χ1n) is 10.0. The predicted molar refractivity (Wildman–Crippen MR) is 111 cm³/mol. The molecule has 3 N–H and O–H groups in total. The standard InChI is InChI=1S/C22H22N2O5S/c25-18-9-8-15(20(26)23-18)24-21(27)14-5-3-6-16(19(14)22(24)28)29-11-13-10-12-4-1-2-7-17(12)30-13/h1-7,10,14-15,18-20,23,25-26H,8-9,11H2. The Bertz CT molecular complexity index is 1030. The molecule has 0 saturated carbocycles. The molecule has 2 aromatic rings. The van der Waals surface area contributed by atoms with E-state index >= 15 is 0 Å². The molecule has 8 heteroatoms. The number of amides is 2. The van der Waals surface area contributed by atoms with E-state index < -0.39 is 30.3 Å². The summed E-state index contributed by atoms with van der Waals surface area (Å²) in [5.41, 5.74) is 0. The average Bonchev–Trinajstić information content (AvgIpc) is 3.26. The first-order valence-corrected chi connectivity index (χ1v) is 10.8. The van der Waals surface area contributed by atoms with Crippen LogP contribution >= 0.6 is 11.3 Å². The van der Waals surface area contributed by atoms with E-state index in [4.69, 9.17) is 4.74 Å². The highest BCUT2D eigenvalue weighted by Gasteiger charge is 2.53. The summed E-state index contributed by atoms with van der Waals surface area (Å²) in [7, 11) is 0. The fourth-order valence-corrected chi connectivity index (χ4v) is 5.43. The lowest BCUT2D eigenvalue weighted by Crippen LogP contribution is -2.58. The van der Waals surface area contributed by atoms with Gasteiger partial charge < -0.3 is 14.9 Å². The lowest BCUT2D eigenvalue weighted by atomic mass is 9.89. The Morgan fingerprint density at radius 3 is 2.80 bits per heavy atom. The number of likely N-dealkylation sites (tertiary alicyclic amines) is 1. The number of hydrogen-bond donors (Lipinski definition) is 3. The lowest BCUT2D eigenvalue weighted by molar-refractivity contribution is -0.149. The van der Waals surface area contributed by atoms with Gasteiger partial charge in [0.2, 0.25) is 11.8 Å². The molecule has 2 fully saturated rings. The molecule has 0 bridgehead atoms. The highest BCUT2D eigenvalue weighted by molar-refractivity contribution is 7.19. The second-order valence-electron chi connectivity index (χ2n) is 7.82. The van der Waals surface area contributed by atoms with Gasteiger partial charge in [0.1, 0.15) is 30.7 Å². The Kier molecular flexibility index (Phi) is 4.94. The Morgan fingerprint density at radius 1 is 1.17 bits per heavy atom. The maximum absolute atomic E-state index is 13.2. The van der Waals surface area contributed by atoms with Gasteiger partial charge in [-0.2, -0.15) is 0 Å². The van der Waals surface area contributed by atoms with Gasteiger partial charge in [0, 0.05) is 9.58 Å². The monoisotopic (exact) mass is 426 g/mol. The van der Waals surface area contributed by atoms with Gasteiger partial charge in [-0.1, -0.05) is 30.4 Å². The van der Waals surface area contributed by atoms with Crippen molar-refractivity contribution in [2.45, 2.75) is 37.9 Å². The number of piperidine rings is 1. The SMILES string of the molecule is O=C1C2C=CC=C(OCc3cc4ccccc4s3)C2C(=O)N1C1CCC(O)NC1O. The van der Waals surface area contributed by atoms with Gasteiger partial charge in [0.15, 0.2) is 0 Å². The summed E-state index contributed by atoms with van der Waals surface area (Å²) in [5, 5.41) is 23.7. The molecule has 7 nitrogen and oxygen atoms in total. The normalized spacial score (nSPS) is 31.2. The molecule has 3 heterocycles. The Hall–Kier alpha value is -2.52. The minimum Gasteiger partial charge on any atom is -0.492 e. The summed E-state index contributed by atoms with van der Waals surface area (Å²) in [5.74, 6) is -1.56. The van der Waals surface area contributed by atoms with E-state index in [1.165, 1.54) is 4.70 Å². The molecule has 5 atom stereocenters. The zero-order valence-electron chi connectivity index (χ0n) is 16.1. The number of allylic oxidation sites excluding steroid dienone is 2. The number of carbonyl (C=O) groups is 2. The van der Waals surface area contributed by atoms with Crippen LogP contribution in [0.4, 0.5) is 0 Å². The maximum atomic E-state index is 13.2. The number of benzene rings is 1. The molecule has 1 aliphatic carbocycles. The molecule has 3 aliphatic rings. The highest BCUT2D eigenvalue weighted by Crippen LogP contribution is 2.39. The topological polar surface area (TPSA) is 99.1 Å². The molecule has 5 rings (SSSR count). The molecule has 0 spiro atoms. The minimum atomic E-state index is -1.15. The Balaban J connectivity index is 1.34. The van der Waals surface area contributed by atoms with Gasteiger partial charge in [-0.05, 0) is 36.4 Å². The summed E-state index contributed by atoms with van der Waals surface area (Å²) in [6.07, 6.45) is 3.91. The van der Waals surface area contributed by atoms with E-state index in [1.54, 1.807) is 29.6 Å². The number of ether oxygens (including phenoxy) is 1. The Morgan fingerprint density at radius 2 is 2.00 bits per heavy atom. The van der Waals surface area contributed by atoms with Gasteiger partial charge in [0.25, 0.3) is 0 Å². The van der Waals surface area contributed by atoms with E-state index in [-0.39, 0.29) is 11.8 Å². The zero-order chi connectivity index (χ0) is 20.8. The van der Waals surface area contributed by atoms with Gasteiger partial charge >= 0.3 is 0 Å². The number of hydrogen-bond acceptors (Lipinski definition) is 7. The number of imide groups is 1. The van der Waals surface area contributed by atoms with Gasteiger partial charge in [-0.25, -0.2) is 0 Å². The van der Waals surface area contributed by atoms with Gasteiger partial charge in [-0.3, -0.25) is 19.8 Å². The molecule has 2 amide bonds. The number of rotatable bonds is 4. The summed E-state index contributed by atoms with van der Waals surface area (Å²) in [6.45, 7) is 0.323. The summed E-state index contributed by atoms with van der Waals surface area (Å²) in [6, 6.07) is 9.46. The lowest BCUT2D eigenvalue weighted by Gasteiger charge is -2.36. The van der Waals surface area contributed by atoms with Crippen LogP contribution in [0.25, 0.3) is 10.1 Å². The van der Waals surface area contributed by atoms with E-state index in [0.29, 0.717) is 25.2 Å². The third-order valence-electron chi connectivity index (χ3n) is 5.92. The molecule has 1 aromatic heterocycles. The van der Waals surface area contributed by atoms with Crippen LogP contribution in [-0.2, 0) is 20.9 Å². The van der Waals surface area contributed by atoms with Crippen LogP contribution < -0.4 is 5.32 Å². The quantitative estimate of drug-likeness (QED) is 0.646. The molecule has 156 valence electrons. The molecule has 5 unspecified atom stereocenters. The minimum absolute atomic E-state index is 0.323. The summed E-state index contributed by atoms with van der Waals surface area (Å²) < 4.78 is 7.19. The molecule has 0 radical (unpaired) electrons. The van der Waals surface area contributed by atoms with Crippen LogP contribution in [0.5, 0.6) is 0 Å². The van der Waals surface area contributed by atoms with Crippen molar-refractivity contribution in [2.24, 2.45) is 11.8 Å². The van der Waals surface area contributed by atoms with Crippen LogP contribution in [0, 0.1) is 11.8 Å². The predicted octanol–water partition coefficient (Wildman–Crippen LogP) is 1.86. The van der Waals surface area contributed by atoms with E-state index in [9.17, 15) is 19.8 Å². The number of fused-ring (bicyclic) bond motifs is 2. The first-order chi connectivity index (χ1) is 14.5. The molecule has 2 aliphatic heterocycles. The Labute approximate surface area is 177 Å². The number of nitrogens with one attached hydrogen (secondary N) is 1. The van der Waals surface area contributed by atoms with Crippen molar-refractivity contribution in [1.29, 1.82) is 0 Å². The van der Waals surface area contributed by atoms with Crippen LogP contribution in [-0.4, -0.2) is 45.4 Å². The van der Waals surface area contributed by atoms with Crippen LogP contribution in [0.2, 0.25) is 0 Å². The molecule has 1 aromatic carbocycles. The maximum Gasteiger partial charge on any atom is 0.241 e. The number of nitrogens with zero attached hydrogens (tertiary/aromatic N) is 1. The summed E-state index contributed by atoms with van der Waals surface area (Å²) in [4.78, 5) is 28.4. The van der Waals surface area contributed by atoms with Gasteiger partial charge in [0.05, 0.1) is 12.0 Å². The van der Waals surface area contributed by atoms with Crippen molar-refractivity contribution >= 4 is 33.2 Å². The molecular weight excluding hydrogens is 404 g/mol. The van der Waals surface area contributed by atoms with Crippen LogP contribution in [0.3, 0.4) is 0 Å². The fourth-order valence-electron chi connectivity index (χ4n) is 4.46. The van der Waals surface area contributed by atoms with Crippen molar-refractivity contribution < 1.29 is 24.5 Å². The fraction of sp³-hybridized carbons (Fsp3) is 0.364. The van der Waals surface area contributed by atoms with Crippen molar-refractivity contribution in [2.75, 3.05) is 0 Å². The van der Waals surface area contributed by atoms with Crippen LogP contribution in [0.15, 0.2) is 54.3 Å². The number of carbonyl (C=O) groups excluding carboxylic acids is 2. The number of thiophene rings is 1. The van der Waals surface area contributed by atoms with Crippen molar-refractivity contribution in [3.05, 3.63) is 59.2 Å². The van der Waals surface area contributed by atoms with E-state index in [2.05, 4.69) is 17.4 Å². The second-order valence-corrected chi connectivity index (χ2v) is 8.98. The number of aliphatic hydroxyl groups is 2. The highest BCUT2D eigenvalue weighted by atomic mass is 32.1. The third-order valence-corrected chi connectivity index (χ3v) is 7.01. The van der Waals surface area contributed by atoms with Crippen molar-refractivity contribution in [3.8, 4) is 0 Å². The molecule has 30 heavy (non-hydrogen) atoms. The van der Waals surface area contributed by atoms with Crippen molar-refractivity contribution in [1.82, 2.24) is 10.2 Å².